The molecule has 28 heavy (non-hydrogen) atoms. The second-order valence-electron chi connectivity index (χ2n) is 6.96. The molecule has 0 fully saturated rings. The summed E-state index contributed by atoms with van der Waals surface area (Å²) in [5, 5.41) is 0. The Morgan fingerprint density at radius 3 is 2.57 bits per heavy atom. The first-order chi connectivity index (χ1) is 13.4. The summed E-state index contributed by atoms with van der Waals surface area (Å²) < 4.78 is 2.10. The fourth-order valence-corrected chi connectivity index (χ4v) is 3.16. The lowest BCUT2D eigenvalue weighted by Gasteiger charge is -2.18. The molecule has 4 aromatic rings. The molecule has 0 atom stereocenters. The molecule has 7 nitrogen and oxygen atoms in total. The van der Waals surface area contributed by atoms with E-state index in [9.17, 15) is 4.79 Å². The van der Waals surface area contributed by atoms with Gasteiger partial charge in [0, 0.05) is 37.1 Å². The smallest absolute Gasteiger partial charge is 0.254 e. The quantitative estimate of drug-likeness (QED) is 0.594. The van der Waals surface area contributed by atoms with Crippen molar-refractivity contribution < 1.29 is 0 Å². The molecule has 3 aromatic heterocycles. The maximum Gasteiger partial charge on any atom is 0.254 e. The fourth-order valence-electron chi connectivity index (χ4n) is 3.16. The van der Waals surface area contributed by atoms with Gasteiger partial charge in [0.1, 0.15) is 17.5 Å². The third-order valence-electron chi connectivity index (χ3n) is 5.07. The third kappa shape index (κ3) is 3.15. The van der Waals surface area contributed by atoms with Crippen molar-refractivity contribution in [3.05, 3.63) is 70.0 Å². The summed E-state index contributed by atoms with van der Waals surface area (Å²) in [6.07, 6.45) is 1.73. The molecule has 0 radical (unpaired) electrons. The number of aromatic amines is 1. The van der Waals surface area contributed by atoms with Crippen LogP contribution in [0, 0.1) is 13.8 Å². The van der Waals surface area contributed by atoms with Crippen molar-refractivity contribution in [2.75, 3.05) is 11.9 Å². The molecule has 0 spiro atoms. The number of H-pyrrole nitrogens is 1. The summed E-state index contributed by atoms with van der Waals surface area (Å²) in [6, 6.07) is 11.9. The fraction of sp³-hybridized carbons (Fsp3) is 0.238. The van der Waals surface area contributed by atoms with Gasteiger partial charge in [0.15, 0.2) is 0 Å². The van der Waals surface area contributed by atoms with Gasteiger partial charge >= 0.3 is 0 Å². The third-order valence-corrected chi connectivity index (χ3v) is 5.07. The number of hydrogen-bond donors (Lipinski definition) is 1. The van der Waals surface area contributed by atoms with E-state index in [1.165, 1.54) is 0 Å². The molecule has 0 aliphatic rings. The van der Waals surface area contributed by atoms with Crippen molar-refractivity contribution in [3.8, 4) is 11.4 Å². The molecule has 0 saturated heterocycles. The first kappa shape index (κ1) is 17.9. The first-order valence-corrected chi connectivity index (χ1v) is 9.09. The van der Waals surface area contributed by atoms with Crippen LogP contribution in [-0.4, -0.2) is 31.6 Å². The van der Waals surface area contributed by atoms with Gasteiger partial charge in [0.05, 0.1) is 17.6 Å². The number of hydrogen-bond acceptors (Lipinski definition) is 5. The predicted octanol–water partition coefficient (Wildman–Crippen LogP) is 2.97. The van der Waals surface area contributed by atoms with E-state index in [4.69, 9.17) is 4.98 Å². The van der Waals surface area contributed by atoms with E-state index in [-0.39, 0.29) is 5.56 Å². The van der Waals surface area contributed by atoms with Gasteiger partial charge in [0.2, 0.25) is 0 Å². The largest absolute Gasteiger partial charge is 0.352 e. The Morgan fingerprint density at radius 2 is 1.89 bits per heavy atom. The highest BCUT2D eigenvalue weighted by molar-refractivity contribution is 5.75. The van der Waals surface area contributed by atoms with Crippen LogP contribution < -0.4 is 10.5 Å². The molecule has 7 heteroatoms. The Kier molecular flexibility index (Phi) is 4.43. The number of rotatable bonds is 4. The minimum Gasteiger partial charge on any atom is -0.352 e. The lowest BCUT2D eigenvalue weighted by Crippen LogP contribution is -2.20. The summed E-state index contributed by atoms with van der Waals surface area (Å²) in [6.45, 7) is 4.24. The van der Waals surface area contributed by atoms with E-state index in [0.717, 1.165) is 33.9 Å². The monoisotopic (exact) mass is 374 g/mol. The van der Waals surface area contributed by atoms with Gasteiger partial charge in [-0.15, -0.1) is 0 Å². The number of pyridine rings is 1. The average Bonchev–Trinajstić information content (AvgIpc) is 3.01. The second kappa shape index (κ2) is 6.92. The zero-order chi connectivity index (χ0) is 19.8. The zero-order valence-electron chi connectivity index (χ0n) is 16.4. The molecule has 3 heterocycles. The van der Waals surface area contributed by atoms with Crippen LogP contribution in [0.4, 0.5) is 5.82 Å². The van der Waals surface area contributed by atoms with Crippen LogP contribution >= 0.6 is 0 Å². The molecule has 0 amide bonds. The molecule has 4 rings (SSSR count). The zero-order valence-corrected chi connectivity index (χ0v) is 16.4. The molecule has 0 aliphatic carbocycles. The van der Waals surface area contributed by atoms with Crippen LogP contribution in [-0.2, 0) is 13.6 Å². The van der Waals surface area contributed by atoms with Crippen LogP contribution in [0.25, 0.3) is 22.4 Å². The molecular formula is C21H22N6O. The van der Waals surface area contributed by atoms with E-state index in [0.29, 0.717) is 17.9 Å². The van der Waals surface area contributed by atoms with Gasteiger partial charge in [-0.05, 0) is 38.1 Å². The van der Waals surface area contributed by atoms with Gasteiger partial charge in [0.25, 0.3) is 5.56 Å². The van der Waals surface area contributed by atoms with E-state index in [1.807, 2.05) is 56.3 Å². The lowest BCUT2D eigenvalue weighted by molar-refractivity contribution is 0.768. The molecule has 142 valence electrons. The van der Waals surface area contributed by atoms with Crippen molar-refractivity contribution in [1.29, 1.82) is 0 Å². The molecule has 0 saturated carbocycles. The van der Waals surface area contributed by atoms with E-state index < -0.39 is 0 Å². The minimum absolute atomic E-state index is 0.120. The Morgan fingerprint density at radius 1 is 1.11 bits per heavy atom. The predicted molar refractivity (Wildman–Crippen MR) is 110 cm³/mol. The van der Waals surface area contributed by atoms with Crippen LogP contribution in [0.1, 0.15) is 17.1 Å². The van der Waals surface area contributed by atoms with E-state index >= 15 is 0 Å². The number of fused-ring (bicyclic) bond motifs is 1. The van der Waals surface area contributed by atoms with E-state index in [1.54, 1.807) is 13.1 Å². The van der Waals surface area contributed by atoms with Gasteiger partial charge in [-0.25, -0.2) is 15.0 Å². The highest BCUT2D eigenvalue weighted by Crippen LogP contribution is 2.20. The number of nitrogens with one attached hydrogen (secondary N) is 1. The van der Waals surface area contributed by atoms with Crippen molar-refractivity contribution in [1.82, 2.24) is 24.5 Å². The molecule has 0 bridgehead atoms. The van der Waals surface area contributed by atoms with Crippen molar-refractivity contribution in [3.63, 3.8) is 0 Å². The standard InChI is InChI=1S/C21H22N6O/c1-13-14(2)23-20(25-21(13)28)15-9-10-18(22-11-15)26(3)12-19-24-16-7-5-6-8-17(16)27(19)4/h5-11H,12H2,1-4H3,(H,23,25,28). The summed E-state index contributed by atoms with van der Waals surface area (Å²) in [5.41, 5.74) is 4.11. The van der Waals surface area contributed by atoms with Gasteiger partial charge < -0.3 is 14.5 Å². The number of benzene rings is 1. The topological polar surface area (TPSA) is 79.7 Å². The van der Waals surface area contributed by atoms with Crippen LogP contribution in [0.15, 0.2) is 47.4 Å². The first-order valence-electron chi connectivity index (χ1n) is 9.09. The number of para-hydroxylation sites is 2. The Bertz CT molecular complexity index is 1210. The SMILES string of the molecule is Cc1nc(-c2ccc(N(C)Cc3nc4ccccc4n3C)nc2)[nH]c(=O)c1C. The summed E-state index contributed by atoms with van der Waals surface area (Å²) >= 11 is 0. The molecule has 0 unspecified atom stereocenters. The van der Waals surface area contributed by atoms with Crippen LogP contribution in [0.3, 0.4) is 0 Å². The number of nitrogens with zero attached hydrogens (tertiary/aromatic N) is 5. The maximum atomic E-state index is 12.0. The molecule has 1 aromatic carbocycles. The second-order valence-corrected chi connectivity index (χ2v) is 6.96. The number of aromatic nitrogens is 5. The highest BCUT2D eigenvalue weighted by atomic mass is 16.1. The van der Waals surface area contributed by atoms with Crippen molar-refractivity contribution in [2.45, 2.75) is 20.4 Å². The van der Waals surface area contributed by atoms with Gasteiger partial charge in [-0.1, -0.05) is 12.1 Å². The molecular weight excluding hydrogens is 352 g/mol. The van der Waals surface area contributed by atoms with Crippen LogP contribution in [0.2, 0.25) is 0 Å². The highest BCUT2D eigenvalue weighted by Gasteiger charge is 2.12. The Hall–Kier alpha value is -3.48. The summed E-state index contributed by atoms with van der Waals surface area (Å²) in [4.78, 5) is 30.6. The summed E-state index contributed by atoms with van der Waals surface area (Å²) in [7, 11) is 4.01. The normalized spacial score (nSPS) is 11.1. The average molecular weight is 374 g/mol. The van der Waals surface area contributed by atoms with Gasteiger partial charge in [-0.3, -0.25) is 4.79 Å². The Balaban J connectivity index is 1.58. The van der Waals surface area contributed by atoms with Crippen LogP contribution in [0.5, 0.6) is 0 Å². The van der Waals surface area contributed by atoms with Gasteiger partial charge in [-0.2, -0.15) is 0 Å². The minimum atomic E-state index is -0.120. The summed E-state index contributed by atoms with van der Waals surface area (Å²) in [5.74, 6) is 2.32. The van der Waals surface area contributed by atoms with Crippen molar-refractivity contribution >= 4 is 16.9 Å². The number of imidazole rings is 1. The molecule has 0 aliphatic heterocycles. The number of aryl methyl sites for hydroxylation is 2. The lowest BCUT2D eigenvalue weighted by atomic mass is 10.2. The van der Waals surface area contributed by atoms with Crippen molar-refractivity contribution in [2.24, 2.45) is 7.05 Å². The number of anilines is 1. The molecule has 1 N–H and O–H groups in total. The maximum absolute atomic E-state index is 12.0. The Labute approximate surface area is 162 Å². The van der Waals surface area contributed by atoms with E-state index in [2.05, 4.69) is 25.6 Å².